The van der Waals surface area contributed by atoms with Crippen molar-refractivity contribution in [3.63, 3.8) is 0 Å². The molecule has 0 aromatic heterocycles. The predicted molar refractivity (Wildman–Crippen MR) is 91.2 cm³/mol. The Labute approximate surface area is 137 Å². The van der Waals surface area contributed by atoms with Gasteiger partial charge in [-0.15, -0.1) is 0 Å². The van der Waals surface area contributed by atoms with E-state index < -0.39 is 10.0 Å². The van der Waals surface area contributed by atoms with E-state index in [1.54, 1.807) is 62.6 Å². The first-order valence-electron chi connectivity index (χ1n) is 7.11. The number of carbonyl (C=O) groups is 1. The Kier molecular flexibility index (Phi) is 4.75. The first kappa shape index (κ1) is 17.0. The van der Waals surface area contributed by atoms with Crippen LogP contribution in [0.1, 0.15) is 15.9 Å². The van der Waals surface area contributed by atoms with Gasteiger partial charge in [-0.1, -0.05) is 23.8 Å². The zero-order valence-electron chi connectivity index (χ0n) is 13.6. The van der Waals surface area contributed by atoms with Gasteiger partial charge in [0.05, 0.1) is 10.6 Å². The van der Waals surface area contributed by atoms with Gasteiger partial charge in [0, 0.05) is 26.7 Å². The molecule has 0 saturated heterocycles. The molecule has 5 nitrogen and oxygen atoms in total. The summed E-state index contributed by atoms with van der Waals surface area (Å²) in [6.07, 6.45) is 0. The first-order valence-corrected chi connectivity index (χ1v) is 8.55. The van der Waals surface area contributed by atoms with E-state index in [0.29, 0.717) is 11.3 Å². The zero-order chi connectivity index (χ0) is 17.2. The van der Waals surface area contributed by atoms with Crippen LogP contribution in [0.2, 0.25) is 0 Å². The molecule has 23 heavy (non-hydrogen) atoms. The molecular formula is C17H20N2O3S. The number of nitrogens with zero attached hydrogens (tertiary/aromatic N) is 2. The summed E-state index contributed by atoms with van der Waals surface area (Å²) in [5.74, 6) is -0.173. The van der Waals surface area contributed by atoms with Gasteiger partial charge in [0.1, 0.15) is 0 Å². The third-order valence-corrected chi connectivity index (χ3v) is 5.34. The van der Waals surface area contributed by atoms with E-state index in [-0.39, 0.29) is 10.8 Å². The number of sulfonamides is 1. The molecule has 0 aliphatic rings. The molecule has 0 bridgehead atoms. The third kappa shape index (κ3) is 3.53. The van der Waals surface area contributed by atoms with E-state index in [1.165, 1.54) is 16.3 Å². The second kappa shape index (κ2) is 6.42. The normalized spacial score (nSPS) is 11.1. The number of carbonyl (C=O) groups excluding carboxylic acids is 1. The number of amides is 1. The smallest absolute Gasteiger partial charge is 0.264 e. The van der Waals surface area contributed by atoms with Gasteiger partial charge < -0.3 is 4.90 Å². The number of rotatable bonds is 4. The Balaban J connectivity index is 2.40. The maximum atomic E-state index is 12.7. The van der Waals surface area contributed by atoms with E-state index in [0.717, 1.165) is 5.56 Å². The maximum Gasteiger partial charge on any atom is 0.264 e. The first-order chi connectivity index (χ1) is 10.7. The van der Waals surface area contributed by atoms with E-state index in [2.05, 4.69) is 0 Å². The number of hydrogen-bond acceptors (Lipinski definition) is 3. The molecular weight excluding hydrogens is 312 g/mol. The van der Waals surface area contributed by atoms with Crippen LogP contribution in [0.3, 0.4) is 0 Å². The largest absolute Gasteiger partial charge is 0.345 e. The van der Waals surface area contributed by atoms with Crippen LogP contribution in [0, 0.1) is 6.92 Å². The number of benzene rings is 2. The van der Waals surface area contributed by atoms with Crippen molar-refractivity contribution >= 4 is 21.6 Å². The molecule has 0 aliphatic carbocycles. The van der Waals surface area contributed by atoms with Crippen LogP contribution in [0.15, 0.2) is 53.4 Å². The molecule has 0 fully saturated rings. The van der Waals surface area contributed by atoms with Gasteiger partial charge in [0.15, 0.2) is 0 Å². The van der Waals surface area contributed by atoms with Crippen molar-refractivity contribution in [2.75, 3.05) is 25.4 Å². The van der Waals surface area contributed by atoms with Crippen LogP contribution in [0.5, 0.6) is 0 Å². The molecule has 0 atom stereocenters. The average Bonchev–Trinajstić information content (AvgIpc) is 2.53. The fourth-order valence-corrected chi connectivity index (χ4v) is 3.29. The fraction of sp³-hybridized carbons (Fsp3) is 0.235. The van der Waals surface area contributed by atoms with Crippen LogP contribution < -0.4 is 4.31 Å². The Morgan fingerprint density at radius 3 is 2.13 bits per heavy atom. The summed E-state index contributed by atoms with van der Waals surface area (Å²) in [5, 5.41) is 0. The van der Waals surface area contributed by atoms with E-state index in [4.69, 9.17) is 0 Å². The second-order valence-electron chi connectivity index (χ2n) is 5.54. The highest BCUT2D eigenvalue weighted by Gasteiger charge is 2.22. The van der Waals surface area contributed by atoms with Crippen molar-refractivity contribution < 1.29 is 13.2 Å². The Hall–Kier alpha value is -2.34. The summed E-state index contributed by atoms with van der Waals surface area (Å²) < 4.78 is 26.6. The lowest BCUT2D eigenvalue weighted by atomic mass is 10.2. The van der Waals surface area contributed by atoms with Gasteiger partial charge in [-0.05, 0) is 37.3 Å². The topological polar surface area (TPSA) is 57.7 Å². The van der Waals surface area contributed by atoms with Gasteiger partial charge in [0.25, 0.3) is 15.9 Å². The molecule has 2 aromatic rings. The summed E-state index contributed by atoms with van der Waals surface area (Å²) in [7, 11) is 1.13. The molecule has 0 heterocycles. The highest BCUT2D eigenvalue weighted by Crippen LogP contribution is 2.23. The predicted octanol–water partition coefficient (Wildman–Crippen LogP) is 2.52. The number of aryl methyl sites for hydroxylation is 1. The molecule has 2 aromatic carbocycles. The third-order valence-electron chi connectivity index (χ3n) is 3.54. The highest BCUT2D eigenvalue weighted by molar-refractivity contribution is 7.92. The Morgan fingerprint density at radius 1 is 0.957 bits per heavy atom. The van der Waals surface area contributed by atoms with Crippen molar-refractivity contribution in [1.82, 2.24) is 4.90 Å². The molecule has 1 amide bonds. The van der Waals surface area contributed by atoms with Gasteiger partial charge in [-0.3, -0.25) is 9.10 Å². The lowest BCUT2D eigenvalue weighted by molar-refractivity contribution is 0.0827. The van der Waals surface area contributed by atoms with Crippen molar-refractivity contribution in [1.29, 1.82) is 0 Å². The molecule has 0 aliphatic heterocycles. The number of hydrogen-bond donors (Lipinski definition) is 0. The minimum Gasteiger partial charge on any atom is -0.345 e. The Bertz CT molecular complexity index is 812. The van der Waals surface area contributed by atoms with Crippen molar-refractivity contribution in [3.05, 3.63) is 59.7 Å². The fourth-order valence-electron chi connectivity index (χ4n) is 2.10. The standard InChI is InChI=1S/C17H20N2O3S/c1-13-8-10-16(11-9-13)23(21,22)19(4)15-7-5-6-14(12-15)17(20)18(2)3/h5-12H,1-4H3. The Morgan fingerprint density at radius 2 is 1.57 bits per heavy atom. The molecule has 2 rings (SSSR count). The van der Waals surface area contributed by atoms with E-state index in [9.17, 15) is 13.2 Å². The molecule has 122 valence electrons. The van der Waals surface area contributed by atoms with Gasteiger partial charge >= 0.3 is 0 Å². The van der Waals surface area contributed by atoms with Gasteiger partial charge in [0.2, 0.25) is 0 Å². The van der Waals surface area contributed by atoms with Crippen LogP contribution in [-0.2, 0) is 10.0 Å². The van der Waals surface area contributed by atoms with Crippen LogP contribution in [-0.4, -0.2) is 40.4 Å². The monoisotopic (exact) mass is 332 g/mol. The SMILES string of the molecule is Cc1ccc(S(=O)(=O)N(C)c2cccc(C(=O)N(C)C)c2)cc1. The minimum absolute atomic E-state index is 0.173. The van der Waals surface area contributed by atoms with E-state index in [1.807, 2.05) is 6.92 Å². The average molecular weight is 332 g/mol. The molecule has 0 saturated carbocycles. The lowest BCUT2D eigenvalue weighted by Gasteiger charge is -2.20. The van der Waals surface area contributed by atoms with E-state index >= 15 is 0 Å². The summed E-state index contributed by atoms with van der Waals surface area (Å²) in [6, 6.07) is 13.3. The highest BCUT2D eigenvalue weighted by atomic mass is 32.2. The molecule has 0 spiro atoms. The van der Waals surface area contributed by atoms with Crippen molar-refractivity contribution in [3.8, 4) is 0 Å². The van der Waals surface area contributed by atoms with Crippen LogP contribution >= 0.6 is 0 Å². The summed E-state index contributed by atoms with van der Waals surface area (Å²) in [6.45, 7) is 1.90. The lowest BCUT2D eigenvalue weighted by Crippen LogP contribution is -2.27. The summed E-state index contributed by atoms with van der Waals surface area (Å²) >= 11 is 0. The maximum absolute atomic E-state index is 12.7. The quantitative estimate of drug-likeness (QED) is 0.864. The number of anilines is 1. The molecule has 6 heteroatoms. The second-order valence-corrected chi connectivity index (χ2v) is 7.50. The summed E-state index contributed by atoms with van der Waals surface area (Å²) in [4.78, 5) is 13.7. The molecule has 0 N–H and O–H groups in total. The molecule has 0 radical (unpaired) electrons. The molecule has 0 unspecified atom stereocenters. The van der Waals surface area contributed by atoms with Crippen molar-refractivity contribution in [2.45, 2.75) is 11.8 Å². The minimum atomic E-state index is -3.66. The van der Waals surface area contributed by atoms with Crippen molar-refractivity contribution in [2.24, 2.45) is 0 Å². The van der Waals surface area contributed by atoms with Gasteiger partial charge in [-0.2, -0.15) is 0 Å². The summed E-state index contributed by atoms with van der Waals surface area (Å²) in [5.41, 5.74) is 1.88. The van der Waals surface area contributed by atoms with Crippen LogP contribution in [0.4, 0.5) is 5.69 Å². The van der Waals surface area contributed by atoms with Crippen LogP contribution in [0.25, 0.3) is 0 Å². The zero-order valence-corrected chi connectivity index (χ0v) is 14.5. The van der Waals surface area contributed by atoms with Gasteiger partial charge in [-0.25, -0.2) is 8.42 Å².